The lowest BCUT2D eigenvalue weighted by molar-refractivity contribution is -0.155. The van der Waals surface area contributed by atoms with Gasteiger partial charge in [0, 0.05) is 20.1 Å². The number of carbonyl (C=O) groups excluding carboxylic acids is 2. The van der Waals surface area contributed by atoms with E-state index in [0.717, 1.165) is 19.3 Å². The van der Waals surface area contributed by atoms with E-state index in [4.69, 9.17) is 9.47 Å². The summed E-state index contributed by atoms with van der Waals surface area (Å²) in [4.78, 5) is 23.1. The number of nitrogens with one attached hydrogen (secondary N) is 1. The van der Waals surface area contributed by atoms with Crippen molar-refractivity contribution in [1.29, 1.82) is 0 Å². The molecule has 1 N–H and O–H groups in total. The lowest BCUT2D eigenvalue weighted by atomic mass is 9.80. The highest BCUT2D eigenvalue weighted by atomic mass is 16.6. The van der Waals surface area contributed by atoms with Crippen LogP contribution in [0.2, 0.25) is 0 Å². The van der Waals surface area contributed by atoms with E-state index in [1.165, 1.54) is 0 Å². The SMILES string of the molecule is COC1(CNC(=O)CCC(=O)OC(C)(C)C)CCC1. The van der Waals surface area contributed by atoms with Gasteiger partial charge >= 0.3 is 5.97 Å². The second-order valence-electron chi connectivity index (χ2n) is 6.10. The van der Waals surface area contributed by atoms with Crippen LogP contribution < -0.4 is 5.32 Å². The predicted molar refractivity (Wildman–Crippen MR) is 71.7 cm³/mol. The van der Waals surface area contributed by atoms with Crippen molar-refractivity contribution in [3.05, 3.63) is 0 Å². The third-order valence-corrected chi connectivity index (χ3v) is 3.28. The van der Waals surface area contributed by atoms with Crippen LogP contribution in [-0.2, 0) is 19.1 Å². The van der Waals surface area contributed by atoms with Crippen molar-refractivity contribution >= 4 is 11.9 Å². The van der Waals surface area contributed by atoms with E-state index in [-0.39, 0.29) is 30.3 Å². The minimum atomic E-state index is -0.500. The Morgan fingerprint density at radius 2 is 1.84 bits per heavy atom. The molecule has 1 aliphatic carbocycles. The van der Waals surface area contributed by atoms with E-state index in [2.05, 4.69) is 5.32 Å². The van der Waals surface area contributed by atoms with Gasteiger partial charge in [-0.25, -0.2) is 0 Å². The minimum absolute atomic E-state index is 0.114. The summed E-state index contributed by atoms with van der Waals surface area (Å²) in [5, 5.41) is 2.82. The molecular weight excluding hydrogens is 246 g/mol. The molecule has 0 atom stereocenters. The highest BCUT2D eigenvalue weighted by Gasteiger charge is 2.37. The summed E-state index contributed by atoms with van der Waals surface area (Å²) in [5.74, 6) is -0.470. The second-order valence-corrected chi connectivity index (χ2v) is 6.10. The molecule has 0 heterocycles. The van der Waals surface area contributed by atoms with Gasteiger partial charge in [0.1, 0.15) is 5.60 Å². The molecule has 0 aromatic heterocycles. The van der Waals surface area contributed by atoms with Gasteiger partial charge in [-0.1, -0.05) is 0 Å². The second kappa shape index (κ2) is 6.37. The quantitative estimate of drug-likeness (QED) is 0.748. The van der Waals surface area contributed by atoms with Crippen LogP contribution in [0, 0.1) is 0 Å². The Labute approximate surface area is 115 Å². The standard InChI is InChI=1S/C14H25NO4/c1-13(2,3)19-12(17)7-6-11(16)15-10-14(18-4)8-5-9-14/h5-10H2,1-4H3,(H,15,16). The minimum Gasteiger partial charge on any atom is -0.460 e. The van der Waals surface area contributed by atoms with Crippen molar-refractivity contribution in [3.8, 4) is 0 Å². The van der Waals surface area contributed by atoms with Gasteiger partial charge in [-0.05, 0) is 40.0 Å². The molecule has 1 rings (SSSR count). The van der Waals surface area contributed by atoms with E-state index in [9.17, 15) is 9.59 Å². The number of rotatable bonds is 6. The number of methoxy groups -OCH3 is 1. The van der Waals surface area contributed by atoms with Crippen molar-refractivity contribution in [2.75, 3.05) is 13.7 Å². The fourth-order valence-electron chi connectivity index (χ4n) is 1.98. The molecule has 0 radical (unpaired) electrons. The fourth-order valence-corrected chi connectivity index (χ4v) is 1.98. The largest absolute Gasteiger partial charge is 0.460 e. The highest BCUT2D eigenvalue weighted by Crippen LogP contribution is 2.34. The Morgan fingerprint density at radius 3 is 2.26 bits per heavy atom. The van der Waals surface area contributed by atoms with Crippen LogP contribution in [0.3, 0.4) is 0 Å². The molecule has 110 valence electrons. The van der Waals surface area contributed by atoms with Crippen molar-refractivity contribution in [2.45, 2.75) is 64.1 Å². The predicted octanol–water partition coefficient (Wildman–Crippen LogP) is 1.79. The zero-order valence-electron chi connectivity index (χ0n) is 12.4. The third-order valence-electron chi connectivity index (χ3n) is 3.28. The molecule has 0 aromatic rings. The van der Waals surface area contributed by atoms with Crippen molar-refractivity contribution in [2.24, 2.45) is 0 Å². The van der Waals surface area contributed by atoms with E-state index in [0.29, 0.717) is 6.54 Å². The molecule has 1 aliphatic rings. The number of amides is 1. The van der Waals surface area contributed by atoms with Crippen LogP contribution in [-0.4, -0.2) is 36.7 Å². The van der Waals surface area contributed by atoms with Gasteiger partial charge < -0.3 is 14.8 Å². The molecule has 0 aliphatic heterocycles. The Hall–Kier alpha value is -1.10. The first-order valence-electron chi connectivity index (χ1n) is 6.80. The molecule has 5 nitrogen and oxygen atoms in total. The smallest absolute Gasteiger partial charge is 0.306 e. The molecule has 1 fully saturated rings. The lowest BCUT2D eigenvalue weighted by Gasteiger charge is -2.40. The Kier molecular flexibility index (Phi) is 5.35. The highest BCUT2D eigenvalue weighted by molar-refractivity contribution is 5.81. The number of esters is 1. The molecular formula is C14H25NO4. The van der Waals surface area contributed by atoms with E-state index < -0.39 is 5.60 Å². The summed E-state index contributed by atoms with van der Waals surface area (Å²) in [7, 11) is 1.67. The molecule has 0 aromatic carbocycles. The topological polar surface area (TPSA) is 64.6 Å². The van der Waals surface area contributed by atoms with E-state index in [1.807, 2.05) is 20.8 Å². The van der Waals surface area contributed by atoms with Crippen LogP contribution >= 0.6 is 0 Å². The zero-order valence-corrected chi connectivity index (χ0v) is 12.4. The molecule has 0 unspecified atom stereocenters. The number of hydrogen-bond donors (Lipinski definition) is 1. The number of hydrogen-bond acceptors (Lipinski definition) is 4. The maximum Gasteiger partial charge on any atom is 0.306 e. The van der Waals surface area contributed by atoms with Crippen molar-refractivity contribution in [1.82, 2.24) is 5.32 Å². The molecule has 1 saturated carbocycles. The fraction of sp³-hybridized carbons (Fsp3) is 0.857. The van der Waals surface area contributed by atoms with Gasteiger partial charge in [-0.2, -0.15) is 0 Å². The number of carbonyl (C=O) groups is 2. The maximum atomic E-state index is 11.6. The molecule has 0 bridgehead atoms. The molecule has 19 heavy (non-hydrogen) atoms. The number of ether oxygens (including phenoxy) is 2. The van der Waals surface area contributed by atoms with Gasteiger partial charge in [0.25, 0.3) is 0 Å². The van der Waals surface area contributed by atoms with Crippen molar-refractivity contribution < 1.29 is 19.1 Å². The Balaban J connectivity index is 2.19. The summed E-state index contributed by atoms with van der Waals surface area (Å²) >= 11 is 0. The first kappa shape index (κ1) is 16.0. The van der Waals surface area contributed by atoms with E-state index >= 15 is 0 Å². The first-order valence-corrected chi connectivity index (χ1v) is 6.80. The normalized spacial score (nSPS) is 17.5. The van der Waals surface area contributed by atoms with Crippen LogP contribution in [0.15, 0.2) is 0 Å². The van der Waals surface area contributed by atoms with Gasteiger partial charge in [0.2, 0.25) is 5.91 Å². The van der Waals surface area contributed by atoms with Crippen LogP contribution in [0.4, 0.5) is 0 Å². The first-order chi connectivity index (χ1) is 8.76. The summed E-state index contributed by atoms with van der Waals surface area (Å²) in [5.41, 5.74) is -0.679. The average Bonchev–Trinajstić information content (AvgIpc) is 2.23. The summed E-state index contributed by atoms with van der Waals surface area (Å²) in [6.07, 6.45) is 3.38. The Morgan fingerprint density at radius 1 is 1.21 bits per heavy atom. The zero-order chi connectivity index (χ0) is 14.5. The molecule has 0 spiro atoms. The molecule has 0 saturated heterocycles. The van der Waals surface area contributed by atoms with Gasteiger partial charge in [-0.3, -0.25) is 9.59 Å². The summed E-state index contributed by atoms with van der Waals surface area (Å²) in [6, 6.07) is 0. The summed E-state index contributed by atoms with van der Waals surface area (Å²) in [6.45, 7) is 5.95. The average molecular weight is 271 g/mol. The lowest BCUT2D eigenvalue weighted by Crippen LogP contribution is -2.49. The Bertz CT molecular complexity index is 323. The van der Waals surface area contributed by atoms with Crippen LogP contribution in [0.25, 0.3) is 0 Å². The van der Waals surface area contributed by atoms with Crippen LogP contribution in [0.5, 0.6) is 0 Å². The van der Waals surface area contributed by atoms with Crippen molar-refractivity contribution in [3.63, 3.8) is 0 Å². The van der Waals surface area contributed by atoms with E-state index in [1.54, 1.807) is 7.11 Å². The van der Waals surface area contributed by atoms with Gasteiger partial charge in [0.15, 0.2) is 0 Å². The molecule has 1 amide bonds. The summed E-state index contributed by atoms with van der Waals surface area (Å²) < 4.78 is 10.6. The maximum absolute atomic E-state index is 11.6. The van der Waals surface area contributed by atoms with Crippen LogP contribution in [0.1, 0.15) is 52.9 Å². The third kappa shape index (κ3) is 5.59. The van der Waals surface area contributed by atoms with Gasteiger partial charge in [0.05, 0.1) is 12.0 Å². The molecule has 5 heteroatoms. The van der Waals surface area contributed by atoms with Gasteiger partial charge in [-0.15, -0.1) is 0 Å². The monoisotopic (exact) mass is 271 g/mol.